The van der Waals surface area contributed by atoms with Gasteiger partial charge in [0.05, 0.1) is 27.6 Å². The van der Waals surface area contributed by atoms with Crippen molar-refractivity contribution in [3.8, 4) is 0 Å². The minimum Gasteiger partial charge on any atom is -0.481 e. The van der Waals surface area contributed by atoms with Crippen LogP contribution in [0.1, 0.15) is 136 Å². The molecule has 0 aliphatic rings. The van der Waals surface area contributed by atoms with Crippen LogP contribution in [0.5, 0.6) is 0 Å². The highest BCUT2D eigenvalue weighted by Crippen LogP contribution is 2.18. The number of quaternary nitrogens is 1. The van der Waals surface area contributed by atoms with Gasteiger partial charge in [-0.2, -0.15) is 0 Å². The van der Waals surface area contributed by atoms with E-state index in [1.807, 2.05) is 21.1 Å². The molecule has 0 rings (SSSR count). The number of aliphatic carboxylic acids is 1. The number of hydrogen-bond donors (Lipinski definition) is 1. The molecule has 0 aromatic rings. The highest BCUT2D eigenvalue weighted by atomic mass is 16.5. The average Bonchev–Trinajstić information content (AvgIpc) is 2.72. The molecule has 2 atom stereocenters. The summed E-state index contributed by atoms with van der Waals surface area (Å²) >= 11 is 0. The zero-order valence-electron chi connectivity index (χ0n) is 23.4. The van der Waals surface area contributed by atoms with Crippen molar-refractivity contribution in [1.29, 1.82) is 0 Å². The second-order valence-electron chi connectivity index (χ2n) is 11.6. The lowest BCUT2D eigenvalue weighted by Gasteiger charge is -2.28. The number of ether oxygens (including phenoxy) is 1. The van der Waals surface area contributed by atoms with E-state index in [0.717, 1.165) is 12.8 Å². The molecular formula is C29H58NO4+. The van der Waals surface area contributed by atoms with Gasteiger partial charge in [-0.25, -0.2) is 0 Å². The first-order valence-corrected chi connectivity index (χ1v) is 14.4. The predicted molar refractivity (Wildman–Crippen MR) is 143 cm³/mol. The van der Waals surface area contributed by atoms with Gasteiger partial charge in [0.1, 0.15) is 6.54 Å². The number of unbranched alkanes of at least 4 members (excludes halogenated alkanes) is 13. The molecule has 34 heavy (non-hydrogen) atoms. The van der Waals surface area contributed by atoms with Gasteiger partial charge in [0.25, 0.3) is 0 Å². The normalized spacial score (nSPS) is 13.6. The summed E-state index contributed by atoms with van der Waals surface area (Å²) in [5, 5.41) is 9.07. The quantitative estimate of drug-likeness (QED) is 0.0863. The van der Waals surface area contributed by atoms with Crippen molar-refractivity contribution in [2.24, 2.45) is 5.92 Å². The first-order chi connectivity index (χ1) is 16.1. The number of carboxylic acid groups (broad SMARTS) is 1. The van der Waals surface area contributed by atoms with E-state index >= 15 is 0 Å². The molecule has 0 aliphatic heterocycles. The van der Waals surface area contributed by atoms with Crippen LogP contribution in [0, 0.1) is 5.92 Å². The molecule has 202 valence electrons. The minimum atomic E-state index is -0.923. The van der Waals surface area contributed by atoms with E-state index in [4.69, 9.17) is 9.84 Å². The first-order valence-electron chi connectivity index (χ1n) is 14.4. The fourth-order valence-electron chi connectivity index (χ4n) is 4.62. The fourth-order valence-corrected chi connectivity index (χ4v) is 4.62. The van der Waals surface area contributed by atoms with Crippen molar-refractivity contribution in [2.45, 2.75) is 142 Å². The molecule has 5 heteroatoms. The average molecular weight is 485 g/mol. The third kappa shape index (κ3) is 24.0. The van der Waals surface area contributed by atoms with E-state index in [0.29, 0.717) is 23.4 Å². The predicted octanol–water partition coefficient (Wildman–Crippen LogP) is 7.76. The first kappa shape index (κ1) is 32.9. The van der Waals surface area contributed by atoms with Crippen LogP contribution in [0.4, 0.5) is 0 Å². The summed E-state index contributed by atoms with van der Waals surface area (Å²) in [6, 6.07) is 0. The van der Waals surface area contributed by atoms with Crippen molar-refractivity contribution in [1.82, 2.24) is 0 Å². The molecule has 0 amide bonds. The monoisotopic (exact) mass is 484 g/mol. The summed E-state index contributed by atoms with van der Waals surface area (Å²) in [7, 11) is 5.92. The molecule has 1 N–H and O–H groups in total. The summed E-state index contributed by atoms with van der Waals surface area (Å²) in [5.41, 5.74) is 0. The molecular weight excluding hydrogens is 426 g/mol. The van der Waals surface area contributed by atoms with Gasteiger partial charge in [-0.05, 0) is 12.3 Å². The second-order valence-corrected chi connectivity index (χ2v) is 11.6. The Bertz CT molecular complexity index is 501. The lowest BCUT2D eigenvalue weighted by molar-refractivity contribution is -0.873. The number of esters is 1. The van der Waals surface area contributed by atoms with E-state index < -0.39 is 12.1 Å². The molecule has 0 radical (unpaired) electrons. The zero-order valence-corrected chi connectivity index (χ0v) is 23.4. The Hall–Kier alpha value is -1.10. The van der Waals surface area contributed by atoms with Gasteiger partial charge in [0, 0.05) is 6.42 Å². The van der Waals surface area contributed by atoms with Gasteiger partial charge in [0.2, 0.25) is 0 Å². The van der Waals surface area contributed by atoms with Crippen LogP contribution in [0.3, 0.4) is 0 Å². The number of rotatable bonds is 24. The van der Waals surface area contributed by atoms with Crippen LogP contribution < -0.4 is 0 Å². The Kier molecular flexibility index (Phi) is 20.5. The Morgan fingerprint density at radius 1 is 0.735 bits per heavy atom. The zero-order chi connectivity index (χ0) is 25.7. The van der Waals surface area contributed by atoms with Crippen LogP contribution in [-0.2, 0) is 14.3 Å². The summed E-state index contributed by atoms with van der Waals surface area (Å²) < 4.78 is 6.04. The van der Waals surface area contributed by atoms with Gasteiger partial charge in [-0.1, -0.05) is 117 Å². The van der Waals surface area contributed by atoms with Crippen molar-refractivity contribution in [2.75, 3.05) is 27.7 Å². The minimum absolute atomic E-state index is 0.128. The van der Waals surface area contributed by atoms with Gasteiger partial charge in [0.15, 0.2) is 6.10 Å². The molecule has 0 fully saturated rings. The Morgan fingerprint density at radius 2 is 1.18 bits per heavy atom. The maximum absolute atomic E-state index is 12.2. The topological polar surface area (TPSA) is 63.6 Å². The van der Waals surface area contributed by atoms with Gasteiger partial charge in [-0.3, -0.25) is 9.59 Å². The number of hydrogen-bond acceptors (Lipinski definition) is 3. The van der Waals surface area contributed by atoms with Crippen LogP contribution in [0.2, 0.25) is 0 Å². The third-order valence-corrected chi connectivity index (χ3v) is 6.58. The third-order valence-electron chi connectivity index (χ3n) is 6.58. The summed E-state index contributed by atoms with van der Waals surface area (Å²) in [6.45, 7) is 5.06. The Morgan fingerprint density at radius 3 is 1.62 bits per heavy atom. The van der Waals surface area contributed by atoms with Crippen molar-refractivity contribution in [3.05, 3.63) is 0 Å². The molecule has 0 aromatic carbocycles. The Balaban J connectivity index is 3.63. The summed E-state index contributed by atoms with van der Waals surface area (Å²) in [6.07, 6.45) is 22.2. The molecule has 0 bridgehead atoms. The van der Waals surface area contributed by atoms with Gasteiger partial charge in [-0.15, -0.1) is 0 Å². The number of carboxylic acids is 1. The maximum atomic E-state index is 12.2. The molecule has 0 aromatic heterocycles. The van der Waals surface area contributed by atoms with Crippen LogP contribution in [0.15, 0.2) is 0 Å². The number of likely N-dealkylation sites (N-methyl/N-ethyl adjacent to an activating group) is 1. The number of carbonyl (C=O) groups is 2. The highest BCUT2D eigenvalue weighted by Gasteiger charge is 2.24. The smallest absolute Gasteiger partial charge is 0.307 e. The fraction of sp³-hybridized carbons (Fsp3) is 0.931. The largest absolute Gasteiger partial charge is 0.481 e. The molecule has 2 unspecified atom stereocenters. The lowest BCUT2D eigenvalue weighted by Crippen LogP contribution is -2.43. The SMILES string of the molecule is CCCCCCCCCCCCCCCCC(C)CCCC(=O)OC(CC(=O)O)C[N+](C)(C)C. The van der Waals surface area contributed by atoms with E-state index in [9.17, 15) is 9.59 Å². The van der Waals surface area contributed by atoms with Crippen molar-refractivity contribution >= 4 is 11.9 Å². The number of carbonyl (C=O) groups excluding carboxylic acids is 1. The molecule has 0 heterocycles. The van der Waals surface area contributed by atoms with E-state index in [-0.39, 0.29) is 12.4 Å². The summed E-state index contributed by atoms with van der Waals surface area (Å²) in [5.74, 6) is -0.553. The van der Waals surface area contributed by atoms with Gasteiger partial charge >= 0.3 is 11.9 Å². The molecule has 0 aliphatic carbocycles. The van der Waals surface area contributed by atoms with E-state index in [1.54, 1.807) is 0 Å². The Labute approximate surface area is 211 Å². The number of nitrogens with zero attached hydrogens (tertiary/aromatic N) is 1. The van der Waals surface area contributed by atoms with Crippen LogP contribution in [0.25, 0.3) is 0 Å². The molecule has 5 nitrogen and oxygen atoms in total. The van der Waals surface area contributed by atoms with Crippen molar-refractivity contribution < 1.29 is 23.9 Å². The van der Waals surface area contributed by atoms with E-state index in [1.165, 1.54) is 96.3 Å². The standard InChI is InChI=1S/C29H57NO4/c1-6-7-8-9-10-11-12-13-14-15-16-17-18-19-21-26(2)22-20-23-29(33)34-27(24-28(31)32)25-30(3,4)5/h26-27H,6-25H2,1-5H3/p+1. The molecule has 0 spiro atoms. The molecule has 0 saturated carbocycles. The second kappa shape index (κ2) is 21.2. The molecule has 0 saturated heterocycles. The van der Waals surface area contributed by atoms with E-state index in [2.05, 4.69) is 13.8 Å². The highest BCUT2D eigenvalue weighted by molar-refractivity contribution is 5.71. The summed E-state index contributed by atoms with van der Waals surface area (Å²) in [4.78, 5) is 23.2. The lowest BCUT2D eigenvalue weighted by atomic mass is 9.96. The van der Waals surface area contributed by atoms with Crippen molar-refractivity contribution in [3.63, 3.8) is 0 Å². The maximum Gasteiger partial charge on any atom is 0.307 e. The van der Waals surface area contributed by atoms with Gasteiger partial charge < -0.3 is 14.3 Å². The van der Waals surface area contributed by atoms with Crippen LogP contribution in [-0.4, -0.2) is 55.3 Å². The van der Waals surface area contributed by atoms with Crippen LogP contribution >= 0.6 is 0 Å².